The van der Waals surface area contributed by atoms with Crippen molar-refractivity contribution in [2.24, 2.45) is 5.73 Å². The minimum absolute atomic E-state index is 0.0108. The van der Waals surface area contributed by atoms with Crippen LogP contribution >= 0.6 is 0 Å². The van der Waals surface area contributed by atoms with Crippen LogP contribution in [0.2, 0.25) is 0 Å². The Bertz CT molecular complexity index is 250. The lowest BCUT2D eigenvalue weighted by molar-refractivity contribution is 0.279. The van der Waals surface area contributed by atoms with Crippen molar-refractivity contribution in [2.45, 2.75) is 26.0 Å². The van der Waals surface area contributed by atoms with Crippen molar-refractivity contribution in [3.63, 3.8) is 0 Å². The van der Waals surface area contributed by atoms with E-state index in [4.69, 9.17) is 10.8 Å². The number of hydrogen-bond acceptors (Lipinski definition) is 3. The molecule has 0 amide bonds. The molecule has 3 N–H and O–H groups in total. The molecule has 0 saturated carbocycles. The summed E-state index contributed by atoms with van der Waals surface area (Å²) in [5.74, 6) is 0. The molecule has 1 rings (SSSR count). The molecule has 0 aliphatic heterocycles. The Morgan fingerprint density at radius 3 is 3.00 bits per heavy atom. The maximum absolute atomic E-state index is 8.97. The predicted octanol–water partition coefficient (Wildman–Crippen LogP) is 0.984. The third kappa shape index (κ3) is 1.81. The van der Waals surface area contributed by atoms with Crippen molar-refractivity contribution in [1.29, 1.82) is 0 Å². The first-order chi connectivity index (χ1) is 5.79. The third-order valence-corrected chi connectivity index (χ3v) is 1.89. The number of hydrogen-bond donors (Lipinski definition) is 2. The fourth-order valence-corrected chi connectivity index (χ4v) is 1.11. The average Bonchev–Trinajstić information content (AvgIpc) is 2.16. The van der Waals surface area contributed by atoms with Crippen LogP contribution in [0.3, 0.4) is 0 Å². The Morgan fingerprint density at radius 2 is 2.42 bits per heavy atom. The molecule has 3 nitrogen and oxygen atoms in total. The summed E-state index contributed by atoms with van der Waals surface area (Å²) in [4.78, 5) is 4.14. The molecule has 0 radical (unpaired) electrons. The van der Waals surface area contributed by atoms with Crippen LogP contribution in [0, 0.1) is 0 Å². The van der Waals surface area contributed by atoms with Crippen LogP contribution in [0.25, 0.3) is 0 Å². The highest BCUT2D eigenvalue weighted by Crippen LogP contribution is 2.15. The van der Waals surface area contributed by atoms with Gasteiger partial charge in [-0.2, -0.15) is 0 Å². The topological polar surface area (TPSA) is 59.1 Å². The molecule has 0 unspecified atom stereocenters. The highest BCUT2D eigenvalue weighted by molar-refractivity contribution is 5.21. The maximum atomic E-state index is 8.97. The van der Waals surface area contributed by atoms with Gasteiger partial charge in [0.1, 0.15) is 0 Å². The van der Waals surface area contributed by atoms with Gasteiger partial charge in [0.25, 0.3) is 0 Å². The summed E-state index contributed by atoms with van der Waals surface area (Å²) in [5.41, 5.74) is 7.43. The van der Waals surface area contributed by atoms with Crippen LogP contribution in [-0.4, -0.2) is 10.1 Å². The summed E-state index contributed by atoms with van der Waals surface area (Å²) in [6.45, 7) is 2.01. The van der Waals surface area contributed by atoms with E-state index >= 15 is 0 Å². The molecule has 12 heavy (non-hydrogen) atoms. The monoisotopic (exact) mass is 166 g/mol. The number of nitrogens with two attached hydrogens (primary N) is 1. The lowest BCUT2D eigenvalue weighted by atomic mass is 10.1. The Labute approximate surface area is 72.2 Å². The molecule has 0 aromatic carbocycles. The van der Waals surface area contributed by atoms with Crippen LogP contribution in [0.5, 0.6) is 0 Å². The fourth-order valence-electron chi connectivity index (χ4n) is 1.11. The van der Waals surface area contributed by atoms with Gasteiger partial charge >= 0.3 is 0 Å². The number of nitrogens with zero attached hydrogens (tertiary/aromatic N) is 1. The second-order valence-corrected chi connectivity index (χ2v) is 2.72. The van der Waals surface area contributed by atoms with Crippen LogP contribution in [0.15, 0.2) is 18.3 Å². The molecule has 1 aromatic rings. The standard InChI is InChI=1S/C9H14N2O/c1-2-8(10)9-7(6-12)4-3-5-11-9/h3-5,8,12H,2,6,10H2,1H3/t8-/m0/s1. The quantitative estimate of drug-likeness (QED) is 0.703. The molecule has 0 spiro atoms. The smallest absolute Gasteiger partial charge is 0.0700 e. The largest absolute Gasteiger partial charge is 0.392 e. The Balaban J connectivity index is 2.96. The summed E-state index contributed by atoms with van der Waals surface area (Å²) in [5, 5.41) is 8.97. The summed E-state index contributed by atoms with van der Waals surface area (Å²) in [7, 11) is 0. The van der Waals surface area contributed by atoms with E-state index in [1.807, 2.05) is 13.0 Å². The molecule has 1 atom stereocenters. The Kier molecular flexibility index (Phi) is 3.19. The summed E-state index contributed by atoms with van der Waals surface area (Å²) >= 11 is 0. The normalized spacial score (nSPS) is 12.9. The number of aromatic nitrogens is 1. The minimum atomic E-state index is -0.0617. The number of aliphatic hydroxyl groups is 1. The lowest BCUT2D eigenvalue weighted by Gasteiger charge is -2.11. The summed E-state index contributed by atoms with van der Waals surface area (Å²) in [6, 6.07) is 3.59. The van der Waals surface area contributed by atoms with Crippen LogP contribution in [-0.2, 0) is 6.61 Å². The minimum Gasteiger partial charge on any atom is -0.392 e. The van der Waals surface area contributed by atoms with Gasteiger partial charge in [-0.3, -0.25) is 4.98 Å². The van der Waals surface area contributed by atoms with Crippen LogP contribution in [0.1, 0.15) is 30.6 Å². The van der Waals surface area contributed by atoms with Gasteiger partial charge in [0.05, 0.1) is 12.3 Å². The third-order valence-electron chi connectivity index (χ3n) is 1.89. The van der Waals surface area contributed by atoms with Gasteiger partial charge in [0.15, 0.2) is 0 Å². The Morgan fingerprint density at radius 1 is 1.67 bits per heavy atom. The van der Waals surface area contributed by atoms with Crippen LogP contribution in [0.4, 0.5) is 0 Å². The van der Waals surface area contributed by atoms with E-state index in [1.165, 1.54) is 0 Å². The molecular formula is C9H14N2O. The van der Waals surface area contributed by atoms with Crippen molar-refractivity contribution in [3.8, 4) is 0 Å². The van der Waals surface area contributed by atoms with Crippen LogP contribution < -0.4 is 5.73 Å². The van der Waals surface area contributed by atoms with E-state index in [9.17, 15) is 0 Å². The molecule has 66 valence electrons. The lowest BCUT2D eigenvalue weighted by Crippen LogP contribution is -2.13. The van der Waals surface area contributed by atoms with E-state index in [-0.39, 0.29) is 12.6 Å². The number of rotatable bonds is 3. The highest BCUT2D eigenvalue weighted by Gasteiger charge is 2.08. The van der Waals surface area contributed by atoms with Crippen molar-refractivity contribution in [2.75, 3.05) is 0 Å². The zero-order valence-electron chi connectivity index (χ0n) is 7.20. The molecule has 0 aliphatic rings. The molecule has 0 aliphatic carbocycles. The fraction of sp³-hybridized carbons (Fsp3) is 0.444. The molecule has 0 fully saturated rings. The highest BCUT2D eigenvalue weighted by atomic mass is 16.3. The molecule has 0 saturated heterocycles. The summed E-state index contributed by atoms with van der Waals surface area (Å²) in [6.07, 6.45) is 2.54. The molecule has 3 heteroatoms. The predicted molar refractivity (Wildman–Crippen MR) is 47.4 cm³/mol. The number of pyridine rings is 1. The first-order valence-electron chi connectivity index (χ1n) is 4.09. The van der Waals surface area contributed by atoms with Gasteiger partial charge in [-0.05, 0) is 12.5 Å². The van der Waals surface area contributed by atoms with E-state index in [1.54, 1.807) is 12.3 Å². The van der Waals surface area contributed by atoms with Gasteiger partial charge in [-0.25, -0.2) is 0 Å². The second-order valence-electron chi connectivity index (χ2n) is 2.72. The first kappa shape index (κ1) is 9.16. The van der Waals surface area contributed by atoms with E-state index in [0.29, 0.717) is 0 Å². The van der Waals surface area contributed by atoms with Gasteiger partial charge in [0, 0.05) is 17.8 Å². The van der Waals surface area contributed by atoms with Gasteiger partial charge < -0.3 is 10.8 Å². The van der Waals surface area contributed by atoms with Crippen molar-refractivity contribution >= 4 is 0 Å². The Hall–Kier alpha value is -0.930. The van der Waals surface area contributed by atoms with Gasteiger partial charge in [-0.15, -0.1) is 0 Å². The van der Waals surface area contributed by atoms with Crippen molar-refractivity contribution in [1.82, 2.24) is 4.98 Å². The SMILES string of the molecule is CC[C@H](N)c1ncccc1CO. The maximum Gasteiger partial charge on any atom is 0.0700 e. The zero-order chi connectivity index (χ0) is 8.97. The zero-order valence-corrected chi connectivity index (χ0v) is 7.20. The van der Waals surface area contributed by atoms with E-state index in [2.05, 4.69) is 4.98 Å². The molecular weight excluding hydrogens is 152 g/mol. The van der Waals surface area contributed by atoms with Crippen molar-refractivity contribution in [3.05, 3.63) is 29.6 Å². The number of aliphatic hydroxyl groups excluding tert-OH is 1. The van der Waals surface area contributed by atoms with E-state index < -0.39 is 0 Å². The van der Waals surface area contributed by atoms with Gasteiger partial charge in [-0.1, -0.05) is 13.0 Å². The molecule has 1 aromatic heterocycles. The summed E-state index contributed by atoms with van der Waals surface area (Å²) < 4.78 is 0. The van der Waals surface area contributed by atoms with Crippen molar-refractivity contribution < 1.29 is 5.11 Å². The van der Waals surface area contributed by atoms with E-state index in [0.717, 1.165) is 17.7 Å². The molecule has 0 bridgehead atoms. The average molecular weight is 166 g/mol. The van der Waals surface area contributed by atoms with Gasteiger partial charge in [0.2, 0.25) is 0 Å². The molecule has 1 heterocycles. The second kappa shape index (κ2) is 4.18. The first-order valence-corrected chi connectivity index (χ1v) is 4.09.